The SMILES string of the molecule is CC(C)CN(Cc1ccco1)C(=O)c1ccc2cnccc2n1. The van der Waals surface area contributed by atoms with Crippen molar-refractivity contribution in [1.29, 1.82) is 0 Å². The van der Waals surface area contributed by atoms with Crippen LogP contribution in [-0.2, 0) is 6.54 Å². The number of furan rings is 1. The van der Waals surface area contributed by atoms with E-state index in [1.807, 2.05) is 24.3 Å². The zero-order valence-electron chi connectivity index (χ0n) is 13.3. The Morgan fingerprint density at radius 2 is 2.13 bits per heavy atom. The molecule has 0 aliphatic heterocycles. The van der Waals surface area contributed by atoms with Crippen molar-refractivity contribution in [3.63, 3.8) is 0 Å². The number of nitrogens with zero attached hydrogens (tertiary/aromatic N) is 3. The maximum absolute atomic E-state index is 12.9. The Hall–Kier alpha value is -2.69. The van der Waals surface area contributed by atoms with E-state index in [9.17, 15) is 4.79 Å². The molecule has 0 fully saturated rings. The van der Waals surface area contributed by atoms with Gasteiger partial charge in [0.25, 0.3) is 5.91 Å². The van der Waals surface area contributed by atoms with Gasteiger partial charge in [-0.2, -0.15) is 0 Å². The molecule has 0 atom stereocenters. The molecule has 1 amide bonds. The first kappa shape index (κ1) is 15.2. The summed E-state index contributed by atoms with van der Waals surface area (Å²) >= 11 is 0. The average molecular weight is 309 g/mol. The van der Waals surface area contributed by atoms with Gasteiger partial charge in [-0.05, 0) is 36.2 Å². The predicted octanol–water partition coefficient (Wildman–Crippen LogP) is 3.52. The third-order valence-corrected chi connectivity index (χ3v) is 3.51. The van der Waals surface area contributed by atoms with E-state index in [0.29, 0.717) is 24.7 Å². The fourth-order valence-corrected chi connectivity index (χ4v) is 2.50. The molecule has 0 unspecified atom stereocenters. The molecule has 0 radical (unpaired) electrons. The largest absolute Gasteiger partial charge is 0.467 e. The molecule has 0 saturated carbocycles. The van der Waals surface area contributed by atoms with Crippen LogP contribution in [0, 0.1) is 5.92 Å². The topological polar surface area (TPSA) is 59.2 Å². The Bertz CT molecular complexity index is 797. The highest BCUT2D eigenvalue weighted by molar-refractivity contribution is 5.94. The van der Waals surface area contributed by atoms with Gasteiger partial charge in [0.1, 0.15) is 11.5 Å². The number of hydrogen-bond donors (Lipinski definition) is 0. The van der Waals surface area contributed by atoms with Crippen LogP contribution in [0.2, 0.25) is 0 Å². The fraction of sp³-hybridized carbons (Fsp3) is 0.278. The molecular weight excluding hydrogens is 290 g/mol. The van der Waals surface area contributed by atoms with Crippen LogP contribution in [0.25, 0.3) is 10.9 Å². The van der Waals surface area contributed by atoms with E-state index in [2.05, 4.69) is 23.8 Å². The number of rotatable bonds is 5. The summed E-state index contributed by atoms with van der Waals surface area (Å²) in [5.74, 6) is 1.04. The van der Waals surface area contributed by atoms with E-state index in [0.717, 1.165) is 16.7 Å². The lowest BCUT2D eigenvalue weighted by molar-refractivity contribution is 0.0704. The number of hydrogen-bond acceptors (Lipinski definition) is 4. The van der Waals surface area contributed by atoms with E-state index in [1.54, 1.807) is 29.6 Å². The fourth-order valence-electron chi connectivity index (χ4n) is 2.50. The van der Waals surface area contributed by atoms with Crippen molar-refractivity contribution in [2.45, 2.75) is 20.4 Å². The third kappa shape index (κ3) is 3.56. The first-order valence-electron chi connectivity index (χ1n) is 7.66. The van der Waals surface area contributed by atoms with Gasteiger partial charge in [0, 0.05) is 24.3 Å². The number of carbonyl (C=O) groups excluding carboxylic acids is 1. The summed E-state index contributed by atoms with van der Waals surface area (Å²) < 4.78 is 5.38. The van der Waals surface area contributed by atoms with Gasteiger partial charge in [0.2, 0.25) is 0 Å². The highest BCUT2D eigenvalue weighted by atomic mass is 16.3. The van der Waals surface area contributed by atoms with Gasteiger partial charge in [0.15, 0.2) is 0 Å². The quantitative estimate of drug-likeness (QED) is 0.723. The Morgan fingerprint density at radius 1 is 1.26 bits per heavy atom. The average Bonchev–Trinajstić information content (AvgIpc) is 3.06. The number of fused-ring (bicyclic) bond motifs is 1. The van der Waals surface area contributed by atoms with Crippen molar-refractivity contribution >= 4 is 16.8 Å². The van der Waals surface area contributed by atoms with Gasteiger partial charge < -0.3 is 9.32 Å². The van der Waals surface area contributed by atoms with Crippen LogP contribution < -0.4 is 0 Å². The Kier molecular flexibility index (Phi) is 4.37. The molecule has 0 aliphatic carbocycles. The smallest absolute Gasteiger partial charge is 0.272 e. The lowest BCUT2D eigenvalue weighted by atomic mass is 10.1. The van der Waals surface area contributed by atoms with Crippen LogP contribution in [0.3, 0.4) is 0 Å². The second-order valence-electron chi connectivity index (χ2n) is 5.92. The van der Waals surface area contributed by atoms with Crippen molar-refractivity contribution in [2.24, 2.45) is 5.92 Å². The van der Waals surface area contributed by atoms with Gasteiger partial charge >= 0.3 is 0 Å². The molecule has 0 saturated heterocycles. The van der Waals surface area contributed by atoms with Gasteiger partial charge in [-0.1, -0.05) is 13.8 Å². The molecule has 3 aromatic heterocycles. The molecule has 5 nitrogen and oxygen atoms in total. The molecule has 118 valence electrons. The lowest BCUT2D eigenvalue weighted by Crippen LogP contribution is -2.34. The lowest BCUT2D eigenvalue weighted by Gasteiger charge is -2.23. The van der Waals surface area contributed by atoms with Gasteiger partial charge in [0.05, 0.1) is 18.3 Å². The van der Waals surface area contributed by atoms with Crippen LogP contribution in [0.15, 0.2) is 53.4 Å². The minimum absolute atomic E-state index is 0.0891. The molecule has 0 N–H and O–H groups in total. The van der Waals surface area contributed by atoms with Crippen LogP contribution in [0.5, 0.6) is 0 Å². The normalized spacial score (nSPS) is 11.1. The van der Waals surface area contributed by atoms with E-state index < -0.39 is 0 Å². The Labute approximate surface area is 135 Å². The number of amides is 1. The van der Waals surface area contributed by atoms with Crippen LogP contribution in [-0.4, -0.2) is 27.3 Å². The number of aromatic nitrogens is 2. The Morgan fingerprint density at radius 3 is 2.87 bits per heavy atom. The maximum Gasteiger partial charge on any atom is 0.272 e. The zero-order valence-corrected chi connectivity index (χ0v) is 13.3. The summed E-state index contributed by atoms with van der Waals surface area (Å²) in [6.45, 7) is 5.26. The maximum atomic E-state index is 12.9. The summed E-state index contributed by atoms with van der Waals surface area (Å²) in [5.41, 5.74) is 1.21. The van der Waals surface area contributed by atoms with E-state index in [4.69, 9.17) is 4.42 Å². The second-order valence-corrected chi connectivity index (χ2v) is 5.92. The summed E-state index contributed by atoms with van der Waals surface area (Å²) in [4.78, 5) is 23.2. The van der Waals surface area contributed by atoms with Crippen LogP contribution in [0.1, 0.15) is 30.1 Å². The highest BCUT2D eigenvalue weighted by Gasteiger charge is 2.19. The van der Waals surface area contributed by atoms with E-state index in [1.165, 1.54) is 0 Å². The summed E-state index contributed by atoms with van der Waals surface area (Å²) in [7, 11) is 0. The third-order valence-electron chi connectivity index (χ3n) is 3.51. The van der Waals surface area contributed by atoms with Crippen LogP contribution in [0.4, 0.5) is 0 Å². The standard InChI is InChI=1S/C18H19N3O2/c1-13(2)11-21(12-15-4-3-9-23-15)18(22)17-6-5-14-10-19-8-7-16(14)20-17/h3-10,13H,11-12H2,1-2H3. The van der Waals surface area contributed by atoms with Crippen molar-refractivity contribution < 1.29 is 9.21 Å². The molecule has 0 aliphatic rings. The van der Waals surface area contributed by atoms with Crippen molar-refractivity contribution in [2.75, 3.05) is 6.54 Å². The van der Waals surface area contributed by atoms with Gasteiger partial charge in [-0.15, -0.1) is 0 Å². The minimum atomic E-state index is -0.0891. The molecule has 3 heterocycles. The van der Waals surface area contributed by atoms with Gasteiger partial charge in [-0.3, -0.25) is 9.78 Å². The van der Waals surface area contributed by atoms with Gasteiger partial charge in [-0.25, -0.2) is 4.98 Å². The summed E-state index contributed by atoms with van der Waals surface area (Å²) in [5, 5.41) is 0.922. The molecule has 3 aromatic rings. The van der Waals surface area contributed by atoms with Crippen molar-refractivity contribution in [3.8, 4) is 0 Å². The minimum Gasteiger partial charge on any atom is -0.467 e. The molecule has 3 rings (SSSR count). The molecule has 5 heteroatoms. The first-order valence-corrected chi connectivity index (χ1v) is 7.66. The van der Waals surface area contributed by atoms with E-state index in [-0.39, 0.29) is 5.91 Å². The predicted molar refractivity (Wildman–Crippen MR) is 87.8 cm³/mol. The number of pyridine rings is 2. The van der Waals surface area contributed by atoms with Crippen molar-refractivity contribution in [3.05, 3.63) is 60.4 Å². The monoisotopic (exact) mass is 309 g/mol. The Balaban J connectivity index is 1.88. The number of carbonyl (C=O) groups is 1. The zero-order chi connectivity index (χ0) is 16.2. The molecular formula is C18H19N3O2. The van der Waals surface area contributed by atoms with E-state index >= 15 is 0 Å². The second kappa shape index (κ2) is 6.60. The van der Waals surface area contributed by atoms with Crippen molar-refractivity contribution in [1.82, 2.24) is 14.9 Å². The summed E-state index contributed by atoms with van der Waals surface area (Å²) in [6, 6.07) is 9.14. The first-order chi connectivity index (χ1) is 11.1. The molecule has 0 bridgehead atoms. The van der Waals surface area contributed by atoms with Crippen LogP contribution >= 0.6 is 0 Å². The molecule has 0 spiro atoms. The highest BCUT2D eigenvalue weighted by Crippen LogP contribution is 2.15. The molecule has 0 aromatic carbocycles. The summed E-state index contributed by atoms with van der Waals surface area (Å²) in [6.07, 6.45) is 5.04. The molecule has 23 heavy (non-hydrogen) atoms.